The van der Waals surface area contributed by atoms with Gasteiger partial charge < -0.3 is 4.42 Å². The smallest absolute Gasteiger partial charge is 0.227 e. The predicted molar refractivity (Wildman–Crippen MR) is 110 cm³/mol. The third-order valence-corrected chi connectivity index (χ3v) is 5.95. The summed E-state index contributed by atoms with van der Waals surface area (Å²) in [6.45, 7) is 0. The normalized spacial score (nSPS) is 11.7. The summed E-state index contributed by atoms with van der Waals surface area (Å²) in [4.78, 5) is 5.89. The van der Waals surface area contributed by atoms with Gasteiger partial charge in [-0.05, 0) is 47.3 Å². The van der Waals surface area contributed by atoms with Crippen LogP contribution in [0.5, 0.6) is 0 Å². The van der Waals surface area contributed by atoms with Crippen molar-refractivity contribution in [1.29, 1.82) is 0 Å². The Kier molecular flexibility index (Phi) is 3.01. The summed E-state index contributed by atoms with van der Waals surface area (Å²) >= 11 is 1.79. The lowest BCUT2D eigenvalue weighted by Gasteiger charge is -1.96. The second kappa shape index (κ2) is 5.53. The lowest BCUT2D eigenvalue weighted by molar-refractivity contribution is 0.620. The van der Waals surface area contributed by atoms with Gasteiger partial charge in [-0.2, -0.15) is 5.10 Å². The van der Waals surface area contributed by atoms with Gasteiger partial charge in [0.15, 0.2) is 5.58 Å². The molecule has 0 aliphatic heterocycles. The number of rotatable bonds is 2. The maximum absolute atomic E-state index is 6.08. The molecule has 6 aromatic rings. The summed E-state index contributed by atoms with van der Waals surface area (Å²) < 4.78 is 7.37. The van der Waals surface area contributed by atoms with E-state index in [1.807, 2.05) is 30.5 Å². The van der Waals surface area contributed by atoms with Crippen LogP contribution in [0.3, 0.4) is 0 Å². The molecule has 1 N–H and O–H groups in total. The molecule has 0 spiro atoms. The number of aromatic amines is 1. The first-order valence-electron chi connectivity index (χ1n) is 8.66. The second-order valence-electron chi connectivity index (χ2n) is 6.52. The molecule has 5 heteroatoms. The first kappa shape index (κ1) is 14.7. The number of hydrogen-bond donors (Lipinski definition) is 1. The van der Waals surface area contributed by atoms with Crippen LogP contribution in [0.2, 0.25) is 0 Å². The number of nitrogens with zero attached hydrogens (tertiary/aromatic N) is 2. The van der Waals surface area contributed by atoms with E-state index in [0.29, 0.717) is 5.89 Å². The lowest BCUT2D eigenvalue weighted by atomic mass is 10.1. The van der Waals surface area contributed by atoms with Crippen molar-refractivity contribution >= 4 is 43.4 Å². The largest absolute Gasteiger partial charge is 0.436 e. The van der Waals surface area contributed by atoms with Gasteiger partial charge >= 0.3 is 0 Å². The maximum atomic E-state index is 6.08. The first-order valence-corrected chi connectivity index (χ1v) is 9.48. The van der Waals surface area contributed by atoms with Crippen molar-refractivity contribution in [3.8, 4) is 21.9 Å². The molecular formula is C22H13N3OS. The van der Waals surface area contributed by atoms with Gasteiger partial charge in [0.25, 0.3) is 0 Å². The van der Waals surface area contributed by atoms with Crippen molar-refractivity contribution in [3.05, 3.63) is 72.9 Å². The van der Waals surface area contributed by atoms with Crippen LogP contribution in [0, 0.1) is 0 Å². The number of benzene rings is 3. The number of thiophene rings is 1. The molecule has 0 aliphatic rings. The van der Waals surface area contributed by atoms with Crippen LogP contribution in [0.25, 0.3) is 54.0 Å². The first-order chi connectivity index (χ1) is 13.3. The van der Waals surface area contributed by atoms with Gasteiger partial charge in [0.1, 0.15) is 5.52 Å². The molecule has 0 unspecified atom stereocenters. The van der Waals surface area contributed by atoms with Gasteiger partial charge in [0.2, 0.25) is 5.89 Å². The van der Waals surface area contributed by atoms with E-state index in [1.165, 1.54) is 15.0 Å². The van der Waals surface area contributed by atoms with Crippen LogP contribution in [0.15, 0.2) is 77.3 Å². The fourth-order valence-electron chi connectivity index (χ4n) is 3.40. The van der Waals surface area contributed by atoms with E-state index in [9.17, 15) is 0 Å². The molecule has 0 amide bonds. The minimum Gasteiger partial charge on any atom is -0.436 e. The van der Waals surface area contributed by atoms with Crippen molar-refractivity contribution in [2.75, 3.05) is 0 Å². The highest BCUT2D eigenvalue weighted by Crippen LogP contribution is 2.35. The van der Waals surface area contributed by atoms with Crippen LogP contribution in [-0.4, -0.2) is 15.2 Å². The van der Waals surface area contributed by atoms with Crippen molar-refractivity contribution in [3.63, 3.8) is 0 Å². The fraction of sp³-hybridized carbons (Fsp3) is 0. The molecule has 3 heterocycles. The van der Waals surface area contributed by atoms with E-state index in [0.717, 1.165) is 33.1 Å². The summed E-state index contributed by atoms with van der Waals surface area (Å²) in [7, 11) is 0. The Morgan fingerprint density at radius 2 is 1.78 bits per heavy atom. The van der Waals surface area contributed by atoms with Crippen LogP contribution < -0.4 is 0 Å². The number of nitrogens with one attached hydrogen (secondary N) is 1. The summed E-state index contributed by atoms with van der Waals surface area (Å²) in [6, 6.07) is 22.9. The summed E-state index contributed by atoms with van der Waals surface area (Å²) in [5, 5.41) is 9.39. The average molecular weight is 367 g/mol. The monoisotopic (exact) mass is 367 g/mol. The van der Waals surface area contributed by atoms with E-state index < -0.39 is 0 Å². The number of H-pyrrole nitrogens is 1. The zero-order chi connectivity index (χ0) is 17.8. The molecule has 3 aromatic carbocycles. The Morgan fingerprint density at radius 1 is 0.852 bits per heavy atom. The zero-order valence-corrected chi connectivity index (χ0v) is 15.0. The van der Waals surface area contributed by atoms with E-state index in [2.05, 4.69) is 57.6 Å². The molecule has 3 aromatic heterocycles. The molecule has 27 heavy (non-hydrogen) atoms. The molecule has 0 fully saturated rings. The quantitative estimate of drug-likeness (QED) is 0.393. The summed E-state index contributed by atoms with van der Waals surface area (Å²) in [5.74, 6) is 0.620. The van der Waals surface area contributed by atoms with E-state index in [1.54, 1.807) is 11.3 Å². The van der Waals surface area contributed by atoms with Gasteiger partial charge in [-0.15, -0.1) is 11.3 Å². The van der Waals surface area contributed by atoms with Gasteiger partial charge in [-0.3, -0.25) is 5.10 Å². The van der Waals surface area contributed by atoms with Gasteiger partial charge in [-0.1, -0.05) is 30.3 Å². The Morgan fingerprint density at radius 3 is 2.74 bits per heavy atom. The Hall–Kier alpha value is -3.44. The molecule has 0 bridgehead atoms. The van der Waals surface area contributed by atoms with Crippen LogP contribution in [0.4, 0.5) is 0 Å². The second-order valence-corrected chi connectivity index (χ2v) is 7.61. The molecule has 6 rings (SSSR count). The molecule has 0 aliphatic carbocycles. The standard InChI is InChI=1S/C22H13N3OS/c1-2-4-20-13(3-1)11-21(27-20)14-7-8-17-19(10-14)26-22(24-17)15-5-6-16-12-23-25-18(16)9-15/h1-12H,(H,23,25). The minimum absolute atomic E-state index is 0.620. The molecule has 0 saturated heterocycles. The Bertz CT molecular complexity index is 1410. The third kappa shape index (κ3) is 2.36. The highest BCUT2D eigenvalue weighted by atomic mass is 32.1. The van der Waals surface area contributed by atoms with Crippen LogP contribution in [0.1, 0.15) is 0 Å². The molecular weight excluding hydrogens is 354 g/mol. The number of fused-ring (bicyclic) bond motifs is 3. The van der Waals surface area contributed by atoms with Gasteiger partial charge in [-0.25, -0.2) is 4.98 Å². The molecule has 4 nitrogen and oxygen atoms in total. The number of hydrogen-bond acceptors (Lipinski definition) is 4. The van der Waals surface area contributed by atoms with Gasteiger partial charge in [0, 0.05) is 20.5 Å². The summed E-state index contributed by atoms with van der Waals surface area (Å²) in [6.07, 6.45) is 1.81. The van der Waals surface area contributed by atoms with E-state index >= 15 is 0 Å². The third-order valence-electron chi connectivity index (χ3n) is 4.79. The van der Waals surface area contributed by atoms with Crippen LogP contribution in [-0.2, 0) is 0 Å². The van der Waals surface area contributed by atoms with Crippen molar-refractivity contribution in [2.24, 2.45) is 0 Å². The predicted octanol–water partition coefficient (Wildman–Crippen LogP) is 6.25. The molecule has 0 atom stereocenters. The number of aromatic nitrogens is 3. The molecule has 0 radical (unpaired) electrons. The Labute approximate surface area is 158 Å². The van der Waals surface area contributed by atoms with Crippen molar-refractivity contribution in [1.82, 2.24) is 15.2 Å². The average Bonchev–Trinajstić information content (AvgIpc) is 3.42. The Balaban J connectivity index is 1.46. The van der Waals surface area contributed by atoms with Crippen molar-refractivity contribution < 1.29 is 4.42 Å². The summed E-state index contributed by atoms with van der Waals surface area (Å²) in [5.41, 5.74) is 4.71. The van der Waals surface area contributed by atoms with Gasteiger partial charge in [0.05, 0.1) is 11.7 Å². The lowest BCUT2D eigenvalue weighted by Crippen LogP contribution is -1.77. The van der Waals surface area contributed by atoms with Crippen LogP contribution >= 0.6 is 11.3 Å². The molecule has 128 valence electrons. The van der Waals surface area contributed by atoms with E-state index in [4.69, 9.17) is 4.42 Å². The van der Waals surface area contributed by atoms with E-state index in [-0.39, 0.29) is 0 Å². The molecule has 0 saturated carbocycles. The SMILES string of the molecule is c1ccc2sc(-c3ccc4nc(-c5ccc6cn[nH]c6c5)oc4c3)cc2c1. The highest BCUT2D eigenvalue weighted by Gasteiger charge is 2.12. The topological polar surface area (TPSA) is 54.7 Å². The highest BCUT2D eigenvalue weighted by molar-refractivity contribution is 7.22. The number of oxazole rings is 1. The maximum Gasteiger partial charge on any atom is 0.227 e. The zero-order valence-electron chi connectivity index (χ0n) is 14.1. The van der Waals surface area contributed by atoms with Crippen molar-refractivity contribution in [2.45, 2.75) is 0 Å². The minimum atomic E-state index is 0.620. The fourth-order valence-corrected chi connectivity index (χ4v) is 4.45.